The number of thioether (sulfide) groups is 1. The molecule has 2 aromatic rings. The van der Waals surface area contributed by atoms with Crippen molar-refractivity contribution in [3.05, 3.63) is 69.6 Å². The quantitative estimate of drug-likeness (QED) is 0.652. The Kier molecular flexibility index (Phi) is 5.21. The normalized spacial score (nSPS) is 17.0. The maximum absolute atomic E-state index is 12.1. The summed E-state index contributed by atoms with van der Waals surface area (Å²) in [6.07, 6.45) is 1.76. The van der Waals surface area contributed by atoms with Crippen LogP contribution in [0.3, 0.4) is 0 Å². The van der Waals surface area contributed by atoms with Gasteiger partial charge in [-0.2, -0.15) is 0 Å². The van der Waals surface area contributed by atoms with Gasteiger partial charge >= 0.3 is 5.97 Å². The number of carbonyl (C=O) groups is 2. The minimum atomic E-state index is -0.480. The molecule has 5 nitrogen and oxygen atoms in total. The number of hydrogen-bond acceptors (Lipinski definition) is 5. The van der Waals surface area contributed by atoms with Crippen LogP contribution in [0.25, 0.3) is 6.08 Å². The van der Waals surface area contributed by atoms with Crippen molar-refractivity contribution < 1.29 is 14.3 Å². The van der Waals surface area contributed by atoms with E-state index in [9.17, 15) is 9.59 Å². The fourth-order valence-corrected chi connectivity index (χ4v) is 3.11. The average Bonchev–Trinajstić information content (AvgIpc) is 2.96. The fraction of sp³-hybridized carbons (Fsp3) is 0.0556. The Morgan fingerprint density at radius 3 is 2.64 bits per heavy atom. The van der Waals surface area contributed by atoms with Gasteiger partial charge in [-0.1, -0.05) is 35.9 Å². The molecular formula is C18H13ClN2O3S. The van der Waals surface area contributed by atoms with Gasteiger partial charge in [0.25, 0.3) is 5.91 Å². The van der Waals surface area contributed by atoms with Crippen LogP contribution in [-0.2, 0) is 9.53 Å². The Bertz CT molecular complexity index is 891. The lowest BCUT2D eigenvalue weighted by atomic mass is 10.2. The number of rotatable bonds is 3. The number of ether oxygens (including phenoxy) is 1. The minimum Gasteiger partial charge on any atom is -0.465 e. The van der Waals surface area contributed by atoms with Gasteiger partial charge in [0, 0.05) is 5.02 Å². The third-order valence-electron chi connectivity index (χ3n) is 3.35. The van der Waals surface area contributed by atoms with E-state index in [2.05, 4.69) is 10.3 Å². The van der Waals surface area contributed by atoms with Crippen molar-refractivity contribution in [1.82, 2.24) is 5.32 Å². The van der Waals surface area contributed by atoms with Crippen molar-refractivity contribution in [2.75, 3.05) is 7.11 Å². The first-order chi connectivity index (χ1) is 12.1. The molecule has 1 N–H and O–H groups in total. The summed E-state index contributed by atoms with van der Waals surface area (Å²) in [7, 11) is 1.31. The number of amides is 1. The summed E-state index contributed by atoms with van der Waals surface area (Å²) in [5.41, 5.74) is 1.63. The first kappa shape index (κ1) is 17.3. The van der Waals surface area contributed by atoms with Gasteiger partial charge < -0.3 is 10.1 Å². The highest BCUT2D eigenvalue weighted by Crippen LogP contribution is 2.29. The predicted molar refractivity (Wildman–Crippen MR) is 100 cm³/mol. The van der Waals surface area contributed by atoms with E-state index in [-0.39, 0.29) is 5.91 Å². The summed E-state index contributed by atoms with van der Waals surface area (Å²) in [6, 6.07) is 14.0. The lowest BCUT2D eigenvalue weighted by Gasteiger charge is -2.03. The molecule has 7 heteroatoms. The maximum atomic E-state index is 12.1. The lowest BCUT2D eigenvalue weighted by Crippen LogP contribution is -2.19. The Labute approximate surface area is 153 Å². The number of carbonyl (C=O) groups excluding carboxylic acids is 2. The van der Waals surface area contributed by atoms with Gasteiger partial charge in [0.2, 0.25) is 0 Å². The number of para-hydroxylation sites is 1. The Morgan fingerprint density at radius 2 is 1.92 bits per heavy atom. The van der Waals surface area contributed by atoms with Crippen molar-refractivity contribution in [2.24, 2.45) is 4.99 Å². The van der Waals surface area contributed by atoms with Gasteiger partial charge in [-0.05, 0) is 47.7 Å². The molecule has 1 amide bonds. The zero-order chi connectivity index (χ0) is 17.8. The van der Waals surface area contributed by atoms with Crippen LogP contribution in [0.4, 0.5) is 5.69 Å². The molecule has 0 unspecified atom stereocenters. The summed E-state index contributed by atoms with van der Waals surface area (Å²) in [5.74, 6) is -0.722. The van der Waals surface area contributed by atoms with Gasteiger partial charge in [0.15, 0.2) is 5.17 Å². The monoisotopic (exact) mass is 372 g/mol. The van der Waals surface area contributed by atoms with E-state index in [0.29, 0.717) is 26.3 Å². The first-order valence-corrected chi connectivity index (χ1v) is 8.49. The highest BCUT2D eigenvalue weighted by atomic mass is 35.5. The van der Waals surface area contributed by atoms with Gasteiger partial charge in [-0.3, -0.25) is 4.79 Å². The number of methoxy groups -OCH3 is 1. The second-order valence-corrected chi connectivity index (χ2v) is 6.51. The lowest BCUT2D eigenvalue weighted by molar-refractivity contribution is -0.115. The molecule has 0 spiro atoms. The topological polar surface area (TPSA) is 67.8 Å². The van der Waals surface area contributed by atoms with Crippen LogP contribution in [0.5, 0.6) is 0 Å². The van der Waals surface area contributed by atoms with Crippen LogP contribution in [0.15, 0.2) is 58.4 Å². The molecule has 0 saturated carbocycles. The molecule has 1 aliphatic rings. The van der Waals surface area contributed by atoms with Gasteiger partial charge in [-0.15, -0.1) is 0 Å². The van der Waals surface area contributed by atoms with Crippen LogP contribution in [-0.4, -0.2) is 24.2 Å². The Hall–Kier alpha value is -2.57. The summed E-state index contributed by atoms with van der Waals surface area (Å²) >= 11 is 7.07. The predicted octanol–water partition coefficient (Wildman–Crippen LogP) is 4.02. The molecule has 1 aliphatic heterocycles. The molecule has 0 radical (unpaired) electrons. The van der Waals surface area contributed by atoms with Crippen LogP contribution in [0.1, 0.15) is 15.9 Å². The SMILES string of the molecule is COC(=O)c1ccccc1N=C1NC(=O)/C(=C/c2ccc(Cl)cc2)S1. The number of nitrogens with one attached hydrogen (secondary N) is 1. The summed E-state index contributed by atoms with van der Waals surface area (Å²) < 4.78 is 4.75. The van der Waals surface area contributed by atoms with E-state index < -0.39 is 5.97 Å². The van der Waals surface area contributed by atoms with E-state index in [1.54, 1.807) is 42.5 Å². The first-order valence-electron chi connectivity index (χ1n) is 7.29. The minimum absolute atomic E-state index is 0.241. The highest BCUT2D eigenvalue weighted by molar-refractivity contribution is 8.18. The van der Waals surface area contributed by atoms with E-state index in [0.717, 1.165) is 5.56 Å². The zero-order valence-electron chi connectivity index (χ0n) is 13.2. The third kappa shape index (κ3) is 4.10. The Morgan fingerprint density at radius 1 is 1.20 bits per heavy atom. The number of amidine groups is 1. The van der Waals surface area contributed by atoms with Crippen molar-refractivity contribution >= 4 is 52.2 Å². The van der Waals surface area contributed by atoms with E-state index in [1.807, 2.05) is 12.1 Å². The highest BCUT2D eigenvalue weighted by Gasteiger charge is 2.24. The van der Waals surface area contributed by atoms with Crippen LogP contribution in [0.2, 0.25) is 5.02 Å². The van der Waals surface area contributed by atoms with Crippen LogP contribution in [0, 0.1) is 0 Å². The number of halogens is 1. The molecule has 126 valence electrons. The molecule has 1 saturated heterocycles. The largest absolute Gasteiger partial charge is 0.465 e. The number of nitrogens with zero attached hydrogens (tertiary/aromatic N) is 1. The average molecular weight is 373 g/mol. The molecule has 0 bridgehead atoms. The summed E-state index contributed by atoms with van der Waals surface area (Å²) in [5, 5.41) is 3.73. The molecule has 25 heavy (non-hydrogen) atoms. The summed E-state index contributed by atoms with van der Waals surface area (Å²) in [6.45, 7) is 0. The Balaban J connectivity index is 1.87. The molecule has 1 heterocycles. The van der Waals surface area contributed by atoms with Crippen molar-refractivity contribution in [3.8, 4) is 0 Å². The number of hydrogen-bond donors (Lipinski definition) is 1. The smallest absolute Gasteiger partial charge is 0.340 e. The number of aliphatic imine (C=N–C) groups is 1. The van der Waals surface area contributed by atoms with Crippen LogP contribution < -0.4 is 5.32 Å². The second kappa shape index (κ2) is 7.55. The molecule has 3 rings (SSSR count). The van der Waals surface area contributed by atoms with E-state index in [1.165, 1.54) is 18.9 Å². The fourth-order valence-electron chi connectivity index (χ4n) is 2.15. The molecule has 0 aliphatic carbocycles. The van der Waals surface area contributed by atoms with Gasteiger partial charge in [0.1, 0.15) is 0 Å². The third-order valence-corrected chi connectivity index (χ3v) is 4.51. The summed E-state index contributed by atoms with van der Waals surface area (Å²) in [4.78, 5) is 28.8. The van der Waals surface area contributed by atoms with E-state index in [4.69, 9.17) is 16.3 Å². The standard InChI is InChI=1S/C18H13ClN2O3S/c1-24-17(23)13-4-2-3-5-14(13)20-18-21-16(22)15(25-18)10-11-6-8-12(19)9-7-11/h2-10H,1H3,(H,20,21,22)/b15-10-. The second-order valence-electron chi connectivity index (χ2n) is 5.04. The van der Waals surface area contributed by atoms with E-state index >= 15 is 0 Å². The zero-order valence-corrected chi connectivity index (χ0v) is 14.7. The molecule has 2 aromatic carbocycles. The molecular weight excluding hydrogens is 360 g/mol. The number of esters is 1. The maximum Gasteiger partial charge on any atom is 0.340 e. The van der Waals surface area contributed by atoms with Gasteiger partial charge in [-0.25, -0.2) is 9.79 Å². The van der Waals surface area contributed by atoms with Crippen molar-refractivity contribution in [1.29, 1.82) is 0 Å². The van der Waals surface area contributed by atoms with Crippen molar-refractivity contribution in [3.63, 3.8) is 0 Å². The molecule has 0 atom stereocenters. The van der Waals surface area contributed by atoms with Gasteiger partial charge in [0.05, 0.1) is 23.3 Å². The molecule has 0 aromatic heterocycles. The van der Waals surface area contributed by atoms with Crippen molar-refractivity contribution in [2.45, 2.75) is 0 Å². The molecule has 1 fully saturated rings. The van der Waals surface area contributed by atoms with Crippen LogP contribution >= 0.6 is 23.4 Å². The number of benzene rings is 2.